The highest BCUT2D eigenvalue weighted by Gasteiger charge is 2.34. The third kappa shape index (κ3) is 4.04. The van der Waals surface area contributed by atoms with Gasteiger partial charge in [0.1, 0.15) is 5.82 Å². The summed E-state index contributed by atoms with van der Waals surface area (Å²) in [7, 11) is -1.87. The van der Waals surface area contributed by atoms with Crippen LogP contribution >= 0.6 is 11.8 Å². The van der Waals surface area contributed by atoms with Crippen LogP contribution in [0.2, 0.25) is 0 Å². The number of sulfone groups is 1. The van der Waals surface area contributed by atoms with Crippen molar-refractivity contribution in [2.75, 3.05) is 24.6 Å². The monoisotopic (exact) mass is 399 g/mol. The van der Waals surface area contributed by atoms with E-state index in [0.717, 1.165) is 0 Å². The van der Waals surface area contributed by atoms with Gasteiger partial charge in [0.25, 0.3) is 0 Å². The molecule has 8 nitrogen and oxygen atoms in total. The lowest BCUT2D eigenvalue weighted by Crippen LogP contribution is -2.34. The number of rotatable bonds is 4. The van der Waals surface area contributed by atoms with Crippen LogP contribution in [0.3, 0.4) is 0 Å². The minimum atomic E-state index is -3.54. The van der Waals surface area contributed by atoms with Crippen LogP contribution in [0.15, 0.2) is 29.4 Å². The molecule has 3 rings (SSSR count). The molecule has 0 unspecified atom stereocenters. The Hall–Kier alpha value is -2.01. The molecule has 2 heterocycles. The van der Waals surface area contributed by atoms with Crippen molar-refractivity contribution in [1.29, 1.82) is 0 Å². The summed E-state index contributed by atoms with van der Waals surface area (Å²) in [5.74, 6) is -0.805. The number of hydrogen-bond donors (Lipinski definition) is 0. The van der Waals surface area contributed by atoms with Crippen molar-refractivity contribution in [3.63, 3.8) is 0 Å². The molecule has 0 radical (unpaired) electrons. The third-order valence-corrected chi connectivity index (χ3v) is 7.35. The minimum Gasteiger partial charge on any atom is -0.341 e. The van der Waals surface area contributed by atoms with Crippen molar-refractivity contribution >= 4 is 27.5 Å². The topological polar surface area (TPSA) is 98.1 Å². The number of carbonyl (C=O) groups is 1. The van der Waals surface area contributed by atoms with Crippen LogP contribution in [-0.2, 0) is 21.7 Å². The van der Waals surface area contributed by atoms with Gasteiger partial charge >= 0.3 is 0 Å². The van der Waals surface area contributed by atoms with Crippen LogP contribution in [0.25, 0.3) is 0 Å². The molecule has 1 amide bonds. The van der Waals surface area contributed by atoms with Gasteiger partial charge in [0.05, 0.1) is 16.8 Å². The van der Waals surface area contributed by atoms with Gasteiger partial charge in [0, 0.05) is 25.7 Å². The smallest absolute Gasteiger partial charge is 0.233 e. The normalized spacial score (nSPS) is 19.9. The lowest BCUT2D eigenvalue weighted by molar-refractivity contribution is -0.128. The van der Waals surface area contributed by atoms with Crippen LogP contribution in [-0.4, -0.2) is 64.0 Å². The molecule has 1 aliphatic rings. The van der Waals surface area contributed by atoms with Crippen LogP contribution in [0, 0.1) is 5.82 Å². The van der Waals surface area contributed by atoms with Crippen LogP contribution in [0.5, 0.6) is 0 Å². The summed E-state index contributed by atoms with van der Waals surface area (Å²) < 4.78 is 40.7. The quantitative estimate of drug-likeness (QED) is 0.702. The summed E-state index contributed by atoms with van der Waals surface area (Å²) in [4.78, 5) is 13.9. The molecule has 0 bridgehead atoms. The van der Waals surface area contributed by atoms with E-state index in [-0.39, 0.29) is 42.5 Å². The second-order valence-electron chi connectivity index (χ2n) is 5.92. The van der Waals surface area contributed by atoms with Gasteiger partial charge in [-0.3, -0.25) is 4.79 Å². The van der Waals surface area contributed by atoms with E-state index in [9.17, 15) is 17.6 Å². The van der Waals surface area contributed by atoms with Crippen molar-refractivity contribution in [2.24, 2.45) is 7.05 Å². The van der Waals surface area contributed by atoms with Crippen LogP contribution in [0.1, 0.15) is 17.2 Å². The largest absolute Gasteiger partial charge is 0.341 e. The number of nitrogens with zero attached hydrogens (tertiary/aromatic N) is 5. The number of carbonyl (C=O) groups excluding carboxylic acids is 1. The van der Waals surface area contributed by atoms with E-state index in [1.165, 1.54) is 39.5 Å². The molecule has 1 saturated heterocycles. The van der Waals surface area contributed by atoms with Gasteiger partial charge in [-0.05, 0) is 22.9 Å². The SMILES string of the molecule is Cn1nnnc1SCC(=O)N1CC[C@@H](c2ccccc2F)S(=O)(=O)CC1. The zero-order valence-electron chi connectivity index (χ0n) is 14.1. The molecule has 140 valence electrons. The molecule has 1 aliphatic heterocycles. The molecule has 26 heavy (non-hydrogen) atoms. The number of thioether (sulfide) groups is 1. The van der Waals surface area contributed by atoms with E-state index in [1.807, 2.05) is 0 Å². The first-order valence-electron chi connectivity index (χ1n) is 7.97. The predicted molar refractivity (Wildman–Crippen MR) is 93.6 cm³/mol. The number of aryl methyl sites for hydroxylation is 1. The number of benzene rings is 1. The van der Waals surface area contributed by atoms with E-state index >= 15 is 0 Å². The average molecular weight is 399 g/mol. The van der Waals surface area contributed by atoms with Gasteiger partial charge in [-0.1, -0.05) is 30.0 Å². The Labute approximate surface area is 154 Å². The van der Waals surface area contributed by atoms with E-state index in [0.29, 0.717) is 5.16 Å². The number of halogens is 1. The van der Waals surface area contributed by atoms with Crippen molar-refractivity contribution in [3.8, 4) is 0 Å². The Morgan fingerprint density at radius 3 is 2.81 bits per heavy atom. The second-order valence-corrected chi connectivity index (χ2v) is 9.17. The maximum atomic E-state index is 14.1. The molecule has 0 N–H and O–H groups in total. The van der Waals surface area contributed by atoms with Crippen molar-refractivity contribution in [1.82, 2.24) is 25.1 Å². The predicted octanol–water partition coefficient (Wildman–Crippen LogP) is 0.830. The second kappa shape index (κ2) is 7.70. The zero-order chi connectivity index (χ0) is 18.7. The Kier molecular flexibility index (Phi) is 5.56. The molecule has 1 aromatic heterocycles. The molecule has 0 aliphatic carbocycles. The van der Waals surface area contributed by atoms with E-state index in [1.54, 1.807) is 13.1 Å². The van der Waals surface area contributed by atoms with Crippen molar-refractivity contribution in [2.45, 2.75) is 16.8 Å². The fraction of sp³-hybridized carbons (Fsp3) is 0.467. The average Bonchev–Trinajstić information content (AvgIpc) is 2.94. The lowest BCUT2D eigenvalue weighted by atomic mass is 10.1. The number of tetrazole rings is 1. The molecule has 2 aromatic rings. The van der Waals surface area contributed by atoms with Crippen LogP contribution < -0.4 is 0 Å². The van der Waals surface area contributed by atoms with E-state index in [2.05, 4.69) is 15.5 Å². The highest BCUT2D eigenvalue weighted by Crippen LogP contribution is 2.31. The number of aromatic nitrogens is 4. The summed E-state index contributed by atoms with van der Waals surface area (Å²) in [5.41, 5.74) is 0.168. The Morgan fingerprint density at radius 1 is 1.35 bits per heavy atom. The lowest BCUT2D eigenvalue weighted by Gasteiger charge is -2.19. The number of hydrogen-bond acceptors (Lipinski definition) is 7. The van der Waals surface area contributed by atoms with Gasteiger partial charge in [-0.2, -0.15) is 0 Å². The molecule has 0 spiro atoms. The molecular formula is C15H18FN5O3S2. The maximum absolute atomic E-state index is 14.1. The van der Waals surface area contributed by atoms with E-state index < -0.39 is 20.9 Å². The highest BCUT2D eigenvalue weighted by molar-refractivity contribution is 7.99. The fourth-order valence-corrected chi connectivity index (χ4v) is 5.39. The molecular weight excluding hydrogens is 381 g/mol. The summed E-state index contributed by atoms with van der Waals surface area (Å²) >= 11 is 1.19. The Morgan fingerprint density at radius 2 is 2.12 bits per heavy atom. The molecule has 1 fully saturated rings. The maximum Gasteiger partial charge on any atom is 0.233 e. The standard InChI is InChI=1S/C15H18FN5O3S2/c1-20-15(17-18-19-20)25-10-14(22)21-7-6-13(26(23,24)9-8-21)11-4-2-3-5-12(11)16/h2-5,13H,6-10H2,1H3/t13-/m0/s1. The molecule has 1 aromatic carbocycles. The first kappa shape index (κ1) is 18.8. The van der Waals surface area contributed by atoms with Gasteiger partial charge < -0.3 is 4.90 Å². The number of amides is 1. The molecule has 11 heteroatoms. The van der Waals surface area contributed by atoms with Gasteiger partial charge in [-0.25, -0.2) is 17.5 Å². The van der Waals surface area contributed by atoms with Crippen molar-refractivity contribution in [3.05, 3.63) is 35.6 Å². The first-order valence-corrected chi connectivity index (χ1v) is 10.7. The Balaban J connectivity index is 1.69. The summed E-state index contributed by atoms with van der Waals surface area (Å²) in [6.07, 6.45) is 0.172. The molecule has 0 saturated carbocycles. The highest BCUT2D eigenvalue weighted by atomic mass is 32.2. The van der Waals surface area contributed by atoms with Gasteiger partial charge in [-0.15, -0.1) is 5.10 Å². The van der Waals surface area contributed by atoms with Gasteiger partial charge in [0.2, 0.25) is 11.1 Å². The third-order valence-electron chi connectivity index (χ3n) is 4.25. The van der Waals surface area contributed by atoms with Crippen LogP contribution in [0.4, 0.5) is 4.39 Å². The minimum absolute atomic E-state index is 0.101. The van der Waals surface area contributed by atoms with Crippen molar-refractivity contribution < 1.29 is 17.6 Å². The summed E-state index contributed by atoms with van der Waals surface area (Å²) in [5, 5.41) is 10.6. The summed E-state index contributed by atoms with van der Waals surface area (Å²) in [6, 6.07) is 5.89. The Bertz CT molecular complexity index is 902. The zero-order valence-corrected chi connectivity index (χ0v) is 15.7. The first-order chi connectivity index (χ1) is 12.4. The van der Waals surface area contributed by atoms with Gasteiger partial charge in [0.15, 0.2) is 9.84 Å². The van der Waals surface area contributed by atoms with E-state index in [4.69, 9.17) is 0 Å². The fourth-order valence-electron chi connectivity index (χ4n) is 2.84. The molecule has 1 atom stereocenters. The summed E-state index contributed by atoms with van der Waals surface area (Å²) in [6.45, 7) is 0.360.